The van der Waals surface area contributed by atoms with Crippen molar-refractivity contribution in [3.05, 3.63) is 175 Å². The molecule has 1 aliphatic rings. The Morgan fingerprint density at radius 2 is 1.13 bits per heavy atom. The molecule has 1 aliphatic carbocycles. The van der Waals surface area contributed by atoms with Crippen LogP contribution in [0, 0.1) is 0 Å². The van der Waals surface area contributed by atoms with Gasteiger partial charge in [0.15, 0.2) is 0 Å². The summed E-state index contributed by atoms with van der Waals surface area (Å²) in [7, 11) is 0. The number of nitrogens with zero attached hydrogens (tertiary/aromatic N) is 1. The summed E-state index contributed by atoms with van der Waals surface area (Å²) in [6.07, 6.45) is 0. The summed E-state index contributed by atoms with van der Waals surface area (Å²) in [5.41, 5.74) is 12.9. The molecule has 0 fully saturated rings. The van der Waals surface area contributed by atoms with Crippen LogP contribution in [0.15, 0.2) is 168 Å². The third kappa shape index (κ3) is 4.37. The average Bonchev–Trinajstić information content (AvgIpc) is 3.82. The van der Waals surface area contributed by atoms with Crippen LogP contribution in [0.5, 0.6) is 0 Å². The van der Waals surface area contributed by atoms with Gasteiger partial charge in [0.05, 0.1) is 0 Å². The fourth-order valence-corrected chi connectivity index (χ4v) is 11.2. The molecular weight excluding hydrogens is 698 g/mol. The van der Waals surface area contributed by atoms with Crippen molar-refractivity contribution in [1.82, 2.24) is 0 Å². The molecule has 0 N–H and O–H groups in total. The number of anilines is 3. The SMILES string of the molecule is CC1(C)c2ccccc2-c2ccc(N(c3ccc(-c4ccc5[se]c6c7ccccc7ccc6c5c4)cc3)c3ccc4c(c3)oc3ccccc34)cc21. The van der Waals surface area contributed by atoms with Crippen LogP contribution in [0.3, 0.4) is 0 Å². The van der Waals surface area contributed by atoms with E-state index < -0.39 is 0 Å². The Balaban J connectivity index is 1.04. The van der Waals surface area contributed by atoms with Crippen molar-refractivity contribution in [2.24, 2.45) is 0 Å². The van der Waals surface area contributed by atoms with Gasteiger partial charge in [0.2, 0.25) is 0 Å². The fraction of sp³-hybridized carbons (Fsp3) is 0.0612. The Labute approximate surface area is 307 Å². The number of hydrogen-bond acceptors (Lipinski definition) is 2. The quantitative estimate of drug-likeness (QED) is 0.168. The van der Waals surface area contributed by atoms with Gasteiger partial charge in [0.1, 0.15) is 5.58 Å². The average molecular weight is 731 g/mol. The molecule has 52 heavy (non-hydrogen) atoms. The predicted octanol–water partition coefficient (Wildman–Crippen LogP) is 13.5. The third-order valence-electron chi connectivity index (χ3n) is 11.3. The van der Waals surface area contributed by atoms with E-state index in [-0.39, 0.29) is 5.41 Å². The zero-order chi connectivity index (χ0) is 34.6. The van der Waals surface area contributed by atoms with Crippen LogP contribution in [0.25, 0.3) is 74.3 Å². The number of furan rings is 1. The standard InChI is InChI=1S/C49H33NOSe/c1-49(2)43-13-7-5-11-37(43)38-24-21-34(28-44(38)49)50(35-22-25-40-39-12-6-8-14-45(39)51-46(40)29-35)33-19-15-30(16-20-33)32-18-26-47-42(27-32)41-23-17-31-9-3-4-10-36(31)48(41)52-47/h3-29H,1-2H3. The molecule has 2 nitrogen and oxygen atoms in total. The Hall–Kier alpha value is -5.86. The Morgan fingerprint density at radius 3 is 2.04 bits per heavy atom. The van der Waals surface area contributed by atoms with Gasteiger partial charge in [0.25, 0.3) is 0 Å². The zero-order valence-electron chi connectivity index (χ0n) is 28.9. The molecule has 0 saturated heterocycles. The van der Waals surface area contributed by atoms with Crippen LogP contribution in [0.2, 0.25) is 0 Å². The van der Waals surface area contributed by atoms with Crippen molar-refractivity contribution in [3.8, 4) is 22.3 Å². The number of para-hydroxylation sites is 1. The molecule has 0 aliphatic heterocycles. The summed E-state index contributed by atoms with van der Waals surface area (Å²) < 4.78 is 9.37. The number of fused-ring (bicyclic) bond motifs is 11. The Kier molecular flexibility index (Phi) is 6.35. The van der Waals surface area contributed by atoms with Crippen molar-refractivity contribution in [2.45, 2.75) is 19.3 Å². The second kappa shape index (κ2) is 11.1. The van der Waals surface area contributed by atoms with Crippen LogP contribution in [0.4, 0.5) is 17.1 Å². The van der Waals surface area contributed by atoms with E-state index in [9.17, 15) is 0 Å². The normalized spacial score (nSPS) is 13.3. The molecule has 0 radical (unpaired) electrons. The molecule has 2 aromatic heterocycles. The molecule has 11 rings (SSSR count). The van der Waals surface area contributed by atoms with Gasteiger partial charge in [-0.2, -0.15) is 0 Å². The first-order valence-electron chi connectivity index (χ1n) is 17.9. The monoisotopic (exact) mass is 731 g/mol. The van der Waals surface area contributed by atoms with Crippen molar-refractivity contribution >= 4 is 83.6 Å². The molecule has 2 heterocycles. The van der Waals surface area contributed by atoms with E-state index in [0.29, 0.717) is 14.5 Å². The third-order valence-corrected chi connectivity index (χ3v) is 13.8. The van der Waals surface area contributed by atoms with E-state index in [0.717, 1.165) is 39.0 Å². The predicted molar refractivity (Wildman–Crippen MR) is 221 cm³/mol. The van der Waals surface area contributed by atoms with E-state index in [1.807, 2.05) is 12.1 Å². The topological polar surface area (TPSA) is 16.4 Å². The minimum absolute atomic E-state index is 0.0973. The van der Waals surface area contributed by atoms with E-state index in [1.54, 1.807) is 0 Å². The van der Waals surface area contributed by atoms with Crippen LogP contribution in [-0.4, -0.2) is 14.5 Å². The van der Waals surface area contributed by atoms with Gasteiger partial charge in [-0.05, 0) is 22.8 Å². The van der Waals surface area contributed by atoms with Crippen molar-refractivity contribution < 1.29 is 4.42 Å². The second-order valence-corrected chi connectivity index (χ2v) is 16.7. The molecule has 246 valence electrons. The minimum atomic E-state index is -0.0973. The zero-order valence-corrected chi connectivity index (χ0v) is 30.6. The van der Waals surface area contributed by atoms with Crippen molar-refractivity contribution in [3.63, 3.8) is 0 Å². The summed E-state index contributed by atoms with van der Waals surface area (Å²) in [5.74, 6) is 0. The first kappa shape index (κ1) is 29.8. The van der Waals surface area contributed by atoms with E-state index in [4.69, 9.17) is 4.42 Å². The van der Waals surface area contributed by atoms with Gasteiger partial charge >= 0.3 is 204 Å². The van der Waals surface area contributed by atoms with E-state index >= 15 is 0 Å². The van der Waals surface area contributed by atoms with Gasteiger partial charge in [-0.25, -0.2) is 0 Å². The van der Waals surface area contributed by atoms with Gasteiger partial charge in [-0.15, -0.1) is 0 Å². The van der Waals surface area contributed by atoms with Gasteiger partial charge in [0, 0.05) is 16.2 Å². The van der Waals surface area contributed by atoms with Crippen molar-refractivity contribution in [1.29, 1.82) is 0 Å². The first-order chi connectivity index (χ1) is 25.5. The van der Waals surface area contributed by atoms with Crippen LogP contribution in [0.1, 0.15) is 25.0 Å². The Bertz CT molecular complexity index is 3050. The Morgan fingerprint density at radius 1 is 0.462 bits per heavy atom. The molecule has 0 atom stereocenters. The fourth-order valence-electron chi connectivity index (χ4n) is 8.62. The summed E-state index contributed by atoms with van der Waals surface area (Å²) in [5, 5.41) is 7.76. The van der Waals surface area contributed by atoms with Crippen LogP contribution >= 0.6 is 0 Å². The molecule has 0 amide bonds. The number of rotatable bonds is 4. The second-order valence-electron chi connectivity index (χ2n) is 14.5. The molecular formula is C49H33NOSe. The summed E-state index contributed by atoms with van der Waals surface area (Å²) in [6.45, 7) is 4.69. The maximum atomic E-state index is 6.40. The molecule has 10 aromatic rings. The molecule has 3 heteroatoms. The molecule has 0 saturated carbocycles. The molecule has 0 unspecified atom stereocenters. The molecule has 0 bridgehead atoms. The maximum absolute atomic E-state index is 6.40. The molecule has 8 aromatic carbocycles. The van der Waals surface area contributed by atoms with E-state index in [2.05, 4.69) is 170 Å². The van der Waals surface area contributed by atoms with Crippen LogP contribution < -0.4 is 4.90 Å². The molecule has 0 spiro atoms. The summed E-state index contributed by atoms with van der Waals surface area (Å²) >= 11 is 0.307. The van der Waals surface area contributed by atoms with Gasteiger partial charge in [-0.1, -0.05) is 56.3 Å². The summed E-state index contributed by atoms with van der Waals surface area (Å²) in [4.78, 5) is 2.38. The van der Waals surface area contributed by atoms with Gasteiger partial charge < -0.3 is 4.42 Å². The van der Waals surface area contributed by atoms with E-state index in [1.165, 1.54) is 63.4 Å². The van der Waals surface area contributed by atoms with Gasteiger partial charge in [-0.3, -0.25) is 0 Å². The number of hydrogen-bond donors (Lipinski definition) is 0. The number of benzene rings is 8. The van der Waals surface area contributed by atoms with Crippen molar-refractivity contribution in [2.75, 3.05) is 4.90 Å². The first-order valence-corrected chi connectivity index (χ1v) is 19.6. The summed E-state index contributed by atoms with van der Waals surface area (Å²) in [6, 6.07) is 60.3. The van der Waals surface area contributed by atoms with Crippen LogP contribution in [-0.2, 0) is 5.41 Å².